The second-order valence-corrected chi connectivity index (χ2v) is 7.59. The number of aliphatic hydroxyl groups excluding tert-OH is 1. The molecular formula is C16H20O6S. The summed E-state index contributed by atoms with van der Waals surface area (Å²) < 4.78 is 29.9. The molecule has 1 aliphatic heterocycles. The molecule has 1 fully saturated rings. The van der Waals surface area contributed by atoms with Crippen molar-refractivity contribution < 1.29 is 28.2 Å². The first-order valence-corrected chi connectivity index (χ1v) is 8.83. The number of carboxylic acid groups (broad SMARTS) is 1. The third kappa shape index (κ3) is 3.80. The summed E-state index contributed by atoms with van der Waals surface area (Å²) in [6, 6.07) is 7.90. The predicted molar refractivity (Wildman–Crippen MR) is 83.4 cm³/mol. The number of aliphatic carboxylic acids is 1. The average Bonchev–Trinajstić information content (AvgIpc) is 2.52. The quantitative estimate of drug-likeness (QED) is 0.860. The van der Waals surface area contributed by atoms with Crippen LogP contribution in [0.15, 0.2) is 46.7 Å². The molecule has 0 aliphatic carbocycles. The van der Waals surface area contributed by atoms with Crippen molar-refractivity contribution in [2.75, 3.05) is 0 Å². The van der Waals surface area contributed by atoms with Crippen LogP contribution in [-0.2, 0) is 19.4 Å². The molecule has 1 heterocycles. The Kier molecular flexibility index (Phi) is 5.23. The lowest BCUT2D eigenvalue weighted by Crippen LogP contribution is -2.51. The fourth-order valence-corrected chi connectivity index (χ4v) is 3.70. The van der Waals surface area contributed by atoms with Crippen LogP contribution in [-0.4, -0.2) is 42.9 Å². The first-order chi connectivity index (χ1) is 10.7. The Morgan fingerprint density at radius 3 is 2.35 bits per heavy atom. The van der Waals surface area contributed by atoms with Crippen LogP contribution >= 0.6 is 0 Å². The van der Waals surface area contributed by atoms with Crippen LogP contribution < -0.4 is 0 Å². The van der Waals surface area contributed by atoms with E-state index < -0.39 is 46.0 Å². The van der Waals surface area contributed by atoms with Gasteiger partial charge in [0, 0.05) is 17.2 Å². The van der Waals surface area contributed by atoms with Gasteiger partial charge in [-0.05, 0) is 18.2 Å². The molecule has 5 atom stereocenters. The highest BCUT2D eigenvalue weighted by Crippen LogP contribution is 2.31. The highest BCUT2D eigenvalue weighted by atomic mass is 32.2. The number of ether oxygens (including phenoxy) is 1. The van der Waals surface area contributed by atoms with Gasteiger partial charge in [-0.15, -0.1) is 0 Å². The van der Waals surface area contributed by atoms with Crippen molar-refractivity contribution in [1.29, 1.82) is 0 Å². The van der Waals surface area contributed by atoms with E-state index in [0.717, 1.165) is 5.41 Å². The Labute approximate surface area is 135 Å². The molecule has 1 aromatic rings. The van der Waals surface area contributed by atoms with Crippen LogP contribution in [0.2, 0.25) is 0 Å². The van der Waals surface area contributed by atoms with Gasteiger partial charge in [-0.3, -0.25) is 0 Å². The Morgan fingerprint density at radius 1 is 1.17 bits per heavy atom. The van der Waals surface area contributed by atoms with Crippen LogP contribution in [0.3, 0.4) is 0 Å². The fraction of sp³-hybridized carbons (Fsp3) is 0.438. The molecule has 2 N–H and O–H groups in total. The van der Waals surface area contributed by atoms with E-state index in [2.05, 4.69) is 0 Å². The molecule has 23 heavy (non-hydrogen) atoms. The largest absolute Gasteiger partial charge is 0.479 e. The number of sulfone groups is 1. The summed E-state index contributed by atoms with van der Waals surface area (Å²) in [4.78, 5) is 11.3. The van der Waals surface area contributed by atoms with Crippen molar-refractivity contribution in [2.45, 2.75) is 37.1 Å². The Hall–Kier alpha value is -1.70. The zero-order valence-electron chi connectivity index (χ0n) is 12.9. The van der Waals surface area contributed by atoms with E-state index >= 15 is 0 Å². The van der Waals surface area contributed by atoms with E-state index in [1.165, 1.54) is 18.2 Å². The van der Waals surface area contributed by atoms with Gasteiger partial charge >= 0.3 is 5.97 Å². The molecular weight excluding hydrogens is 320 g/mol. The fourth-order valence-electron chi connectivity index (χ4n) is 2.64. The summed E-state index contributed by atoms with van der Waals surface area (Å²) in [6.45, 7) is 3.30. The summed E-state index contributed by atoms with van der Waals surface area (Å²) in [5, 5.41) is 20.3. The van der Waals surface area contributed by atoms with Crippen LogP contribution in [0.1, 0.15) is 13.8 Å². The highest BCUT2D eigenvalue weighted by molar-refractivity contribution is 7.94. The van der Waals surface area contributed by atoms with Crippen molar-refractivity contribution in [3.05, 3.63) is 41.8 Å². The number of aliphatic hydroxyl groups is 1. The van der Waals surface area contributed by atoms with E-state index in [-0.39, 0.29) is 4.90 Å². The van der Waals surface area contributed by atoms with Crippen molar-refractivity contribution in [3.8, 4) is 0 Å². The van der Waals surface area contributed by atoms with Crippen LogP contribution in [0.25, 0.3) is 0 Å². The summed E-state index contributed by atoms with van der Waals surface area (Å²) in [5.74, 6) is -2.16. The molecule has 1 aliphatic rings. The highest BCUT2D eigenvalue weighted by Gasteiger charge is 2.43. The maximum absolute atomic E-state index is 12.2. The molecule has 0 amide bonds. The zero-order chi connectivity index (χ0) is 17.2. The first kappa shape index (κ1) is 17.7. The molecule has 0 bridgehead atoms. The maximum Gasteiger partial charge on any atom is 0.333 e. The summed E-state index contributed by atoms with van der Waals surface area (Å²) >= 11 is 0. The Balaban J connectivity index is 2.22. The third-order valence-corrected chi connectivity index (χ3v) is 5.58. The van der Waals surface area contributed by atoms with Gasteiger partial charge < -0.3 is 14.9 Å². The molecule has 126 valence electrons. The van der Waals surface area contributed by atoms with Crippen molar-refractivity contribution in [3.63, 3.8) is 0 Å². The number of carboxylic acids is 1. The predicted octanol–water partition coefficient (Wildman–Crippen LogP) is 1.46. The molecule has 0 aromatic heterocycles. The first-order valence-electron chi connectivity index (χ1n) is 7.28. The maximum atomic E-state index is 12.2. The number of benzene rings is 1. The smallest absolute Gasteiger partial charge is 0.333 e. The normalized spacial score (nSPS) is 32.0. The molecule has 7 heteroatoms. The van der Waals surface area contributed by atoms with Crippen LogP contribution in [0.4, 0.5) is 0 Å². The topological polar surface area (TPSA) is 101 Å². The van der Waals surface area contributed by atoms with Crippen LogP contribution in [0, 0.1) is 11.8 Å². The molecule has 1 saturated heterocycles. The van der Waals surface area contributed by atoms with Gasteiger partial charge in [-0.25, -0.2) is 13.2 Å². The Morgan fingerprint density at radius 2 is 1.78 bits per heavy atom. The monoisotopic (exact) mass is 340 g/mol. The van der Waals surface area contributed by atoms with Crippen molar-refractivity contribution in [1.82, 2.24) is 0 Å². The number of rotatable bonds is 4. The lowest BCUT2D eigenvalue weighted by atomic mass is 9.83. The van der Waals surface area contributed by atoms with Gasteiger partial charge in [0.2, 0.25) is 0 Å². The molecule has 0 radical (unpaired) electrons. The van der Waals surface area contributed by atoms with Gasteiger partial charge in [-0.1, -0.05) is 32.0 Å². The van der Waals surface area contributed by atoms with E-state index in [9.17, 15) is 18.3 Å². The molecule has 6 nitrogen and oxygen atoms in total. The summed E-state index contributed by atoms with van der Waals surface area (Å²) in [7, 11) is -3.64. The van der Waals surface area contributed by atoms with Gasteiger partial charge in [0.1, 0.15) is 0 Å². The number of hydrogen-bond acceptors (Lipinski definition) is 5. The van der Waals surface area contributed by atoms with Gasteiger partial charge in [0.15, 0.2) is 15.9 Å². The minimum Gasteiger partial charge on any atom is -0.479 e. The standard InChI is InChI=1S/C16H20O6S/c1-10-13(22-15(16(18)19)11(2)14(10)17)8-9-23(20,21)12-6-4-3-5-7-12/h3-11,13-15,17H,1-2H3,(H,18,19). The van der Waals surface area contributed by atoms with Gasteiger partial charge in [0.05, 0.1) is 17.1 Å². The van der Waals surface area contributed by atoms with E-state index in [4.69, 9.17) is 9.84 Å². The minimum absolute atomic E-state index is 0.142. The lowest BCUT2D eigenvalue weighted by molar-refractivity contribution is -0.182. The van der Waals surface area contributed by atoms with Crippen molar-refractivity contribution in [2.24, 2.45) is 11.8 Å². The zero-order valence-corrected chi connectivity index (χ0v) is 13.7. The molecule has 1 aromatic carbocycles. The van der Waals surface area contributed by atoms with E-state index in [1.807, 2.05) is 0 Å². The third-order valence-electron chi connectivity index (χ3n) is 4.14. The second kappa shape index (κ2) is 6.82. The second-order valence-electron chi connectivity index (χ2n) is 5.75. The molecule has 0 saturated carbocycles. The molecule has 2 rings (SSSR count). The van der Waals surface area contributed by atoms with E-state index in [1.54, 1.807) is 32.0 Å². The number of hydrogen-bond donors (Lipinski definition) is 2. The minimum atomic E-state index is -3.64. The molecule has 0 spiro atoms. The lowest BCUT2D eigenvalue weighted by Gasteiger charge is -2.39. The van der Waals surface area contributed by atoms with Crippen LogP contribution in [0.5, 0.6) is 0 Å². The van der Waals surface area contributed by atoms with Gasteiger partial charge in [0.25, 0.3) is 0 Å². The van der Waals surface area contributed by atoms with Crippen molar-refractivity contribution >= 4 is 15.8 Å². The van der Waals surface area contributed by atoms with Gasteiger partial charge in [-0.2, -0.15) is 0 Å². The SMILES string of the molecule is CC1C(C=CS(=O)(=O)c2ccccc2)OC(C(=O)O)C(C)C1O. The Bertz CT molecular complexity index is 682. The molecule has 5 unspecified atom stereocenters. The van der Waals surface area contributed by atoms with E-state index in [0.29, 0.717) is 0 Å². The summed E-state index contributed by atoms with van der Waals surface area (Å²) in [6.07, 6.45) is -1.55. The summed E-state index contributed by atoms with van der Waals surface area (Å²) in [5.41, 5.74) is 0. The average molecular weight is 340 g/mol. The number of carbonyl (C=O) groups is 1.